The molecule has 2 atom stereocenters. The van der Waals surface area contributed by atoms with Gasteiger partial charge in [0.25, 0.3) is 0 Å². The summed E-state index contributed by atoms with van der Waals surface area (Å²) >= 11 is 3.39. The van der Waals surface area contributed by atoms with Crippen LogP contribution in [0.25, 0.3) is 16.3 Å². The monoisotopic (exact) mass is 436 g/mol. The average molecular weight is 437 g/mol. The highest BCUT2D eigenvalue weighted by Crippen LogP contribution is 2.44. The van der Waals surface area contributed by atoms with Gasteiger partial charge in [-0.15, -0.1) is 0 Å². The Morgan fingerprint density at radius 2 is 1.79 bits per heavy atom. The number of carboxylic acid groups (broad SMARTS) is 1. The number of phenolic OH excluding ortho intramolecular Hbond substituents is 1. The van der Waals surface area contributed by atoms with Gasteiger partial charge in [-0.25, -0.2) is 0 Å². The van der Waals surface area contributed by atoms with Crippen molar-refractivity contribution < 1.29 is 19.8 Å². The van der Waals surface area contributed by atoms with Gasteiger partial charge in [0.1, 0.15) is 11.7 Å². The predicted molar refractivity (Wildman–Crippen MR) is 111 cm³/mol. The molecule has 28 heavy (non-hydrogen) atoms. The van der Waals surface area contributed by atoms with E-state index in [9.17, 15) is 19.8 Å². The summed E-state index contributed by atoms with van der Waals surface area (Å²) in [7, 11) is 0. The third kappa shape index (κ3) is 3.22. The molecule has 0 fully saturated rings. The number of rotatable bonds is 3. The van der Waals surface area contributed by atoms with Gasteiger partial charge in [-0.2, -0.15) is 0 Å². The van der Waals surface area contributed by atoms with Crippen molar-refractivity contribution in [2.75, 3.05) is 0 Å². The number of benzene rings is 3. The van der Waals surface area contributed by atoms with Gasteiger partial charge >= 0.3 is 5.97 Å². The maximum atomic E-state index is 12.8. The Bertz CT molecular complexity index is 1130. The highest BCUT2D eigenvalue weighted by Gasteiger charge is 2.39. The van der Waals surface area contributed by atoms with Crippen molar-refractivity contribution in [2.24, 2.45) is 5.92 Å². The first-order valence-electron chi connectivity index (χ1n) is 8.89. The van der Waals surface area contributed by atoms with Crippen LogP contribution in [0.4, 0.5) is 0 Å². The number of ketones is 1. The lowest BCUT2D eigenvalue weighted by atomic mass is 9.72. The molecule has 3 aromatic rings. The topological polar surface area (TPSA) is 74.6 Å². The van der Waals surface area contributed by atoms with E-state index in [4.69, 9.17) is 0 Å². The van der Waals surface area contributed by atoms with Gasteiger partial charge in [0.05, 0.1) is 0 Å². The van der Waals surface area contributed by atoms with E-state index in [1.165, 1.54) is 6.08 Å². The molecule has 0 saturated carbocycles. The van der Waals surface area contributed by atoms with Crippen LogP contribution in [-0.2, 0) is 9.59 Å². The van der Waals surface area contributed by atoms with Gasteiger partial charge in [0, 0.05) is 16.0 Å². The van der Waals surface area contributed by atoms with Gasteiger partial charge in [-0.05, 0) is 52.6 Å². The standard InChI is InChI=1S/C23H17BrO4/c24-15-8-9-20(25)18(12-15)14-10-19(22(23(27)28)21(26)11-14)17-7-3-5-13-4-1-2-6-16(13)17/h1-9,11-12,19,22,25H,10H2,(H,27,28). The third-order valence-electron chi connectivity index (χ3n) is 5.26. The van der Waals surface area contributed by atoms with Crippen molar-refractivity contribution in [1.82, 2.24) is 0 Å². The molecule has 2 unspecified atom stereocenters. The van der Waals surface area contributed by atoms with Crippen LogP contribution in [0.15, 0.2) is 71.2 Å². The Morgan fingerprint density at radius 1 is 1.04 bits per heavy atom. The number of fused-ring (bicyclic) bond motifs is 1. The zero-order chi connectivity index (χ0) is 19.8. The van der Waals surface area contributed by atoms with E-state index in [0.29, 0.717) is 17.6 Å². The second kappa shape index (κ2) is 7.24. The van der Waals surface area contributed by atoms with Crippen LogP contribution < -0.4 is 0 Å². The number of allylic oxidation sites excluding steroid dienone is 2. The molecule has 1 aliphatic carbocycles. The van der Waals surface area contributed by atoms with E-state index in [2.05, 4.69) is 15.9 Å². The molecule has 0 amide bonds. The molecule has 3 aromatic carbocycles. The molecule has 0 saturated heterocycles. The first kappa shape index (κ1) is 18.4. The SMILES string of the molecule is O=C(O)C1C(=O)C=C(c2cc(Br)ccc2O)CC1c1cccc2ccccc12. The molecule has 0 radical (unpaired) electrons. The summed E-state index contributed by atoms with van der Waals surface area (Å²) < 4.78 is 0.774. The van der Waals surface area contributed by atoms with E-state index in [1.54, 1.807) is 18.2 Å². The van der Waals surface area contributed by atoms with E-state index in [-0.39, 0.29) is 5.75 Å². The zero-order valence-corrected chi connectivity index (χ0v) is 16.4. The fourth-order valence-corrected chi connectivity index (χ4v) is 4.34. The molecule has 0 spiro atoms. The smallest absolute Gasteiger partial charge is 0.315 e. The number of hydrogen-bond donors (Lipinski definition) is 2. The lowest BCUT2D eigenvalue weighted by Crippen LogP contribution is -2.32. The largest absolute Gasteiger partial charge is 0.507 e. The second-order valence-corrected chi connectivity index (χ2v) is 7.84. The number of halogens is 1. The van der Waals surface area contributed by atoms with Crippen molar-refractivity contribution in [3.63, 3.8) is 0 Å². The molecular weight excluding hydrogens is 420 g/mol. The van der Waals surface area contributed by atoms with Gasteiger partial charge in [0.2, 0.25) is 0 Å². The Balaban J connectivity index is 1.88. The molecule has 0 aromatic heterocycles. The van der Waals surface area contributed by atoms with Crippen molar-refractivity contribution >= 4 is 44.0 Å². The average Bonchev–Trinajstić information content (AvgIpc) is 2.68. The number of hydrogen-bond acceptors (Lipinski definition) is 3. The number of carbonyl (C=O) groups is 2. The summed E-state index contributed by atoms with van der Waals surface area (Å²) in [5.41, 5.74) is 2.01. The van der Waals surface area contributed by atoms with Crippen LogP contribution in [0.3, 0.4) is 0 Å². The Hall–Kier alpha value is -2.92. The number of aliphatic carboxylic acids is 1. The van der Waals surface area contributed by atoms with E-state index >= 15 is 0 Å². The number of carbonyl (C=O) groups excluding carboxylic acids is 1. The van der Waals surface area contributed by atoms with Crippen molar-refractivity contribution in [1.29, 1.82) is 0 Å². The molecule has 4 nitrogen and oxygen atoms in total. The third-order valence-corrected chi connectivity index (χ3v) is 5.75. The van der Waals surface area contributed by atoms with Crippen LogP contribution in [0.1, 0.15) is 23.5 Å². The highest BCUT2D eigenvalue weighted by molar-refractivity contribution is 9.10. The molecule has 5 heteroatoms. The molecule has 0 heterocycles. The first-order valence-corrected chi connectivity index (χ1v) is 9.69. The molecule has 0 aliphatic heterocycles. The normalized spacial score (nSPS) is 19.5. The van der Waals surface area contributed by atoms with Crippen molar-refractivity contribution in [3.8, 4) is 5.75 Å². The van der Waals surface area contributed by atoms with Crippen LogP contribution in [0.5, 0.6) is 5.75 Å². The number of aromatic hydroxyl groups is 1. The summed E-state index contributed by atoms with van der Waals surface area (Å²) in [6.07, 6.45) is 1.71. The van der Waals surface area contributed by atoms with E-state index in [1.807, 2.05) is 42.5 Å². The zero-order valence-electron chi connectivity index (χ0n) is 14.8. The lowest BCUT2D eigenvalue weighted by molar-refractivity contribution is -0.146. The van der Waals surface area contributed by atoms with E-state index < -0.39 is 23.6 Å². The maximum absolute atomic E-state index is 12.8. The maximum Gasteiger partial charge on any atom is 0.315 e. The van der Waals surface area contributed by atoms with Crippen LogP contribution >= 0.6 is 15.9 Å². The summed E-state index contributed by atoms with van der Waals surface area (Å²) in [5, 5.41) is 22.0. The molecule has 2 N–H and O–H groups in total. The van der Waals surface area contributed by atoms with Crippen LogP contribution in [0.2, 0.25) is 0 Å². The summed E-state index contributed by atoms with van der Waals surface area (Å²) in [4.78, 5) is 24.7. The summed E-state index contributed by atoms with van der Waals surface area (Å²) in [5.74, 6) is -3.19. The lowest BCUT2D eigenvalue weighted by Gasteiger charge is -2.29. The summed E-state index contributed by atoms with van der Waals surface area (Å²) in [6.45, 7) is 0. The molecule has 140 valence electrons. The van der Waals surface area contributed by atoms with Crippen molar-refractivity contribution in [3.05, 3.63) is 82.3 Å². The number of phenols is 1. The van der Waals surface area contributed by atoms with Gasteiger partial charge in [0.15, 0.2) is 5.78 Å². The van der Waals surface area contributed by atoms with Gasteiger partial charge < -0.3 is 10.2 Å². The fourth-order valence-electron chi connectivity index (χ4n) is 3.98. The minimum Gasteiger partial charge on any atom is -0.507 e. The predicted octanol–water partition coefficient (Wildman–Crippen LogP) is 5.15. The quantitative estimate of drug-likeness (QED) is 0.556. The Morgan fingerprint density at radius 3 is 2.57 bits per heavy atom. The summed E-state index contributed by atoms with van der Waals surface area (Å²) in [6, 6.07) is 18.5. The van der Waals surface area contributed by atoms with Crippen LogP contribution in [-0.4, -0.2) is 22.0 Å². The van der Waals surface area contributed by atoms with Crippen molar-refractivity contribution in [2.45, 2.75) is 12.3 Å². The molecule has 0 bridgehead atoms. The first-order chi connectivity index (χ1) is 13.5. The molecule has 1 aliphatic rings. The molecule has 4 rings (SSSR count). The minimum atomic E-state index is -1.15. The van der Waals surface area contributed by atoms with Gasteiger partial charge in [-0.3, -0.25) is 9.59 Å². The highest BCUT2D eigenvalue weighted by atomic mass is 79.9. The second-order valence-electron chi connectivity index (χ2n) is 6.93. The van der Waals surface area contributed by atoms with Crippen LogP contribution in [0, 0.1) is 5.92 Å². The van der Waals surface area contributed by atoms with Gasteiger partial charge in [-0.1, -0.05) is 58.4 Å². The Kier molecular flexibility index (Phi) is 4.77. The molecular formula is C23H17BrO4. The fraction of sp³-hybridized carbons (Fsp3) is 0.130. The van der Waals surface area contributed by atoms with E-state index in [0.717, 1.165) is 20.8 Å². The number of carboxylic acids is 1. The minimum absolute atomic E-state index is 0.0627. The Labute approximate surface area is 170 Å².